The van der Waals surface area contributed by atoms with Gasteiger partial charge in [0.15, 0.2) is 0 Å². The number of aromatic nitrogens is 1. The summed E-state index contributed by atoms with van der Waals surface area (Å²) >= 11 is 0. The average molecular weight is 348 g/mol. The summed E-state index contributed by atoms with van der Waals surface area (Å²) < 4.78 is 11.3. The van der Waals surface area contributed by atoms with Gasteiger partial charge in [0, 0.05) is 23.8 Å². The van der Waals surface area contributed by atoms with E-state index in [2.05, 4.69) is 10.3 Å². The van der Waals surface area contributed by atoms with Gasteiger partial charge in [-0.15, -0.1) is 0 Å². The number of anilines is 1. The molecule has 5 heteroatoms. The number of benzene rings is 2. The summed E-state index contributed by atoms with van der Waals surface area (Å²) in [5, 5.41) is 3.93. The van der Waals surface area contributed by atoms with Gasteiger partial charge < -0.3 is 14.8 Å². The first-order valence-corrected chi connectivity index (χ1v) is 8.79. The lowest BCUT2D eigenvalue weighted by molar-refractivity contribution is 0.0679. The fraction of sp³-hybridized carbons (Fsp3) is 0.238. The number of rotatable bonds is 5. The van der Waals surface area contributed by atoms with Crippen molar-refractivity contribution in [2.24, 2.45) is 0 Å². The highest BCUT2D eigenvalue weighted by Crippen LogP contribution is 2.22. The minimum Gasteiger partial charge on any atom is -0.491 e. The number of nitrogens with zero attached hydrogens (tertiary/aromatic N) is 1. The maximum atomic E-state index is 12.7. The number of para-hydroxylation sites is 1. The molecule has 5 nitrogen and oxygen atoms in total. The molecule has 1 fully saturated rings. The molecule has 1 N–H and O–H groups in total. The maximum Gasteiger partial charge on any atom is 0.255 e. The van der Waals surface area contributed by atoms with Crippen molar-refractivity contribution in [3.63, 3.8) is 0 Å². The van der Waals surface area contributed by atoms with E-state index in [-0.39, 0.29) is 12.0 Å². The second-order valence-electron chi connectivity index (χ2n) is 6.31. The summed E-state index contributed by atoms with van der Waals surface area (Å²) in [7, 11) is 0. The molecule has 0 bridgehead atoms. The van der Waals surface area contributed by atoms with E-state index < -0.39 is 0 Å². The summed E-state index contributed by atoms with van der Waals surface area (Å²) in [5.74, 6) is 0.481. The van der Waals surface area contributed by atoms with Crippen LogP contribution in [0.25, 0.3) is 10.9 Å². The Hall–Kier alpha value is -2.92. The fourth-order valence-corrected chi connectivity index (χ4v) is 3.09. The third-order valence-corrected chi connectivity index (χ3v) is 4.44. The average Bonchev–Trinajstić information content (AvgIpc) is 3.20. The van der Waals surface area contributed by atoms with Gasteiger partial charge in [-0.3, -0.25) is 9.78 Å². The van der Waals surface area contributed by atoms with E-state index in [1.807, 2.05) is 42.5 Å². The second-order valence-corrected chi connectivity index (χ2v) is 6.31. The monoisotopic (exact) mass is 348 g/mol. The Kier molecular flexibility index (Phi) is 4.80. The molecule has 4 rings (SSSR count). The van der Waals surface area contributed by atoms with E-state index in [1.54, 1.807) is 18.3 Å². The van der Waals surface area contributed by atoms with Gasteiger partial charge in [-0.05, 0) is 43.2 Å². The van der Waals surface area contributed by atoms with Crippen molar-refractivity contribution < 1.29 is 14.3 Å². The van der Waals surface area contributed by atoms with Gasteiger partial charge in [-0.2, -0.15) is 0 Å². The fourth-order valence-electron chi connectivity index (χ4n) is 3.09. The van der Waals surface area contributed by atoms with Crippen LogP contribution in [-0.4, -0.2) is 30.2 Å². The Morgan fingerprint density at radius 1 is 1.19 bits per heavy atom. The number of nitrogens with one attached hydrogen (secondary N) is 1. The summed E-state index contributed by atoms with van der Waals surface area (Å²) in [5.41, 5.74) is 2.01. The van der Waals surface area contributed by atoms with Crippen molar-refractivity contribution in [1.29, 1.82) is 0 Å². The van der Waals surface area contributed by atoms with E-state index in [0.717, 1.165) is 30.4 Å². The number of ether oxygens (including phenoxy) is 2. The van der Waals surface area contributed by atoms with Crippen LogP contribution in [0.5, 0.6) is 5.75 Å². The molecule has 1 aromatic heterocycles. The topological polar surface area (TPSA) is 60.5 Å². The summed E-state index contributed by atoms with van der Waals surface area (Å²) in [6.07, 6.45) is 3.97. The van der Waals surface area contributed by atoms with Gasteiger partial charge in [-0.25, -0.2) is 0 Å². The Bertz CT molecular complexity index is 915. The standard InChI is InChI=1S/C21H20N2O3/c24-21(23-19-10-2-5-15-7-3-11-22-20(15)19)16-6-1-8-17(13-16)26-14-18-9-4-12-25-18/h1-3,5-8,10-11,13,18H,4,9,12,14H2,(H,23,24). The van der Waals surface area contributed by atoms with Crippen LogP contribution < -0.4 is 10.1 Å². The number of hydrogen-bond donors (Lipinski definition) is 1. The molecule has 0 spiro atoms. The predicted octanol–water partition coefficient (Wildman–Crippen LogP) is 4.04. The molecule has 0 radical (unpaired) electrons. The predicted molar refractivity (Wildman–Crippen MR) is 101 cm³/mol. The molecule has 1 atom stereocenters. The lowest BCUT2D eigenvalue weighted by Gasteiger charge is -2.12. The number of pyridine rings is 1. The maximum absolute atomic E-state index is 12.7. The molecule has 0 aliphatic carbocycles. The zero-order chi connectivity index (χ0) is 17.8. The van der Waals surface area contributed by atoms with Crippen molar-refractivity contribution in [2.75, 3.05) is 18.5 Å². The van der Waals surface area contributed by atoms with E-state index >= 15 is 0 Å². The molecule has 132 valence electrons. The van der Waals surface area contributed by atoms with Gasteiger partial charge in [0.2, 0.25) is 0 Å². The van der Waals surface area contributed by atoms with Crippen LogP contribution in [0.4, 0.5) is 5.69 Å². The van der Waals surface area contributed by atoms with Gasteiger partial charge >= 0.3 is 0 Å². The van der Waals surface area contributed by atoms with Crippen LogP contribution in [0, 0.1) is 0 Å². The Morgan fingerprint density at radius 2 is 2.08 bits per heavy atom. The lowest BCUT2D eigenvalue weighted by atomic mass is 10.1. The number of hydrogen-bond acceptors (Lipinski definition) is 4. The third-order valence-electron chi connectivity index (χ3n) is 4.44. The van der Waals surface area contributed by atoms with Gasteiger partial charge in [0.05, 0.1) is 17.3 Å². The molecule has 3 aromatic rings. The van der Waals surface area contributed by atoms with Crippen molar-refractivity contribution in [2.45, 2.75) is 18.9 Å². The smallest absolute Gasteiger partial charge is 0.255 e. The van der Waals surface area contributed by atoms with Crippen LogP contribution in [-0.2, 0) is 4.74 Å². The number of fused-ring (bicyclic) bond motifs is 1. The zero-order valence-corrected chi connectivity index (χ0v) is 14.4. The second kappa shape index (κ2) is 7.54. The van der Waals surface area contributed by atoms with Crippen LogP contribution in [0.3, 0.4) is 0 Å². The van der Waals surface area contributed by atoms with Crippen LogP contribution in [0.1, 0.15) is 23.2 Å². The minimum absolute atomic E-state index is 0.147. The molecule has 1 saturated heterocycles. The van der Waals surface area contributed by atoms with Gasteiger partial charge in [-0.1, -0.05) is 24.3 Å². The van der Waals surface area contributed by atoms with E-state index in [1.165, 1.54) is 0 Å². The highest BCUT2D eigenvalue weighted by Gasteiger charge is 2.16. The van der Waals surface area contributed by atoms with Gasteiger partial charge in [0.1, 0.15) is 12.4 Å². The van der Waals surface area contributed by atoms with Crippen LogP contribution >= 0.6 is 0 Å². The lowest BCUT2D eigenvalue weighted by Crippen LogP contribution is -2.17. The normalized spacial score (nSPS) is 16.5. The van der Waals surface area contributed by atoms with Crippen molar-refractivity contribution in [3.8, 4) is 5.75 Å². The largest absolute Gasteiger partial charge is 0.491 e. The van der Waals surface area contributed by atoms with Crippen molar-refractivity contribution in [1.82, 2.24) is 4.98 Å². The molecule has 26 heavy (non-hydrogen) atoms. The highest BCUT2D eigenvalue weighted by molar-refractivity contribution is 6.08. The Balaban J connectivity index is 1.48. The minimum atomic E-state index is -0.189. The number of carbonyl (C=O) groups is 1. The molecular weight excluding hydrogens is 328 g/mol. The molecular formula is C21H20N2O3. The van der Waals surface area contributed by atoms with Crippen molar-refractivity contribution >= 4 is 22.5 Å². The SMILES string of the molecule is O=C(Nc1cccc2cccnc12)c1cccc(OCC2CCCO2)c1. The molecule has 1 unspecified atom stereocenters. The first-order chi connectivity index (χ1) is 12.8. The highest BCUT2D eigenvalue weighted by atomic mass is 16.5. The third kappa shape index (κ3) is 3.68. The zero-order valence-electron chi connectivity index (χ0n) is 14.4. The first kappa shape index (κ1) is 16.5. The Labute approximate surface area is 152 Å². The van der Waals surface area contributed by atoms with Crippen LogP contribution in [0.15, 0.2) is 60.8 Å². The Morgan fingerprint density at radius 3 is 2.96 bits per heavy atom. The van der Waals surface area contributed by atoms with E-state index in [9.17, 15) is 4.79 Å². The quantitative estimate of drug-likeness (QED) is 0.756. The first-order valence-electron chi connectivity index (χ1n) is 8.79. The van der Waals surface area contributed by atoms with E-state index in [4.69, 9.17) is 9.47 Å². The molecule has 1 aliphatic heterocycles. The summed E-state index contributed by atoms with van der Waals surface area (Å²) in [6, 6.07) is 16.8. The molecule has 2 heterocycles. The van der Waals surface area contributed by atoms with Crippen LogP contribution in [0.2, 0.25) is 0 Å². The summed E-state index contributed by atoms with van der Waals surface area (Å²) in [6.45, 7) is 1.31. The molecule has 1 amide bonds. The number of carbonyl (C=O) groups excluding carboxylic acids is 1. The molecule has 0 saturated carbocycles. The van der Waals surface area contributed by atoms with Crippen molar-refractivity contribution in [3.05, 3.63) is 66.4 Å². The molecule has 1 aliphatic rings. The molecule has 2 aromatic carbocycles. The number of amides is 1. The van der Waals surface area contributed by atoms with E-state index in [0.29, 0.717) is 23.6 Å². The summed E-state index contributed by atoms with van der Waals surface area (Å²) in [4.78, 5) is 17.0. The van der Waals surface area contributed by atoms with Gasteiger partial charge in [0.25, 0.3) is 5.91 Å².